The minimum absolute atomic E-state index is 0.538. The van der Waals surface area contributed by atoms with Crippen molar-refractivity contribution in [3.05, 3.63) is 10.6 Å². The number of nitrogens with one attached hydrogen (secondary N) is 2. The maximum Gasteiger partial charge on any atom is 0.183 e. The molecule has 3 nitrogen and oxygen atoms in total. The molecule has 0 bridgehead atoms. The van der Waals surface area contributed by atoms with Gasteiger partial charge in [-0.25, -0.2) is 4.98 Å². The Morgan fingerprint density at radius 3 is 3.20 bits per heavy atom. The molecule has 1 aliphatic rings. The summed E-state index contributed by atoms with van der Waals surface area (Å²) in [6.07, 6.45) is 3.51. The Morgan fingerprint density at radius 1 is 1.60 bits per heavy atom. The SMILES string of the molecule is CCCC(C)Nc1nc2c(s1)CNCC2. The fourth-order valence-electron chi connectivity index (χ4n) is 1.90. The molecule has 4 heteroatoms. The molecule has 1 atom stereocenters. The summed E-state index contributed by atoms with van der Waals surface area (Å²) in [5, 5.41) is 7.96. The lowest BCUT2D eigenvalue weighted by molar-refractivity contribution is 0.643. The number of aromatic nitrogens is 1. The third-order valence-electron chi connectivity index (χ3n) is 2.69. The van der Waals surface area contributed by atoms with Gasteiger partial charge in [-0.2, -0.15) is 0 Å². The third-order valence-corrected chi connectivity index (χ3v) is 3.72. The molecular formula is C11H19N3S. The van der Waals surface area contributed by atoms with Gasteiger partial charge < -0.3 is 10.6 Å². The van der Waals surface area contributed by atoms with Crippen LogP contribution in [0.15, 0.2) is 0 Å². The largest absolute Gasteiger partial charge is 0.359 e. The summed E-state index contributed by atoms with van der Waals surface area (Å²) in [5.74, 6) is 0. The van der Waals surface area contributed by atoms with Crippen molar-refractivity contribution in [1.29, 1.82) is 0 Å². The average Bonchev–Trinajstić information content (AvgIpc) is 2.59. The molecular weight excluding hydrogens is 206 g/mol. The minimum Gasteiger partial charge on any atom is -0.359 e. The molecule has 1 aliphatic heterocycles. The average molecular weight is 225 g/mol. The van der Waals surface area contributed by atoms with E-state index in [1.54, 1.807) is 11.3 Å². The van der Waals surface area contributed by atoms with Crippen molar-refractivity contribution in [2.24, 2.45) is 0 Å². The topological polar surface area (TPSA) is 37.0 Å². The van der Waals surface area contributed by atoms with E-state index in [2.05, 4.69) is 29.5 Å². The van der Waals surface area contributed by atoms with Gasteiger partial charge in [-0.15, -0.1) is 11.3 Å². The van der Waals surface area contributed by atoms with Gasteiger partial charge in [0.1, 0.15) is 0 Å². The fraction of sp³-hybridized carbons (Fsp3) is 0.727. The molecule has 0 radical (unpaired) electrons. The summed E-state index contributed by atoms with van der Waals surface area (Å²) >= 11 is 1.80. The number of rotatable bonds is 4. The van der Waals surface area contributed by atoms with Gasteiger partial charge >= 0.3 is 0 Å². The van der Waals surface area contributed by atoms with Crippen LogP contribution in [0.2, 0.25) is 0 Å². The van der Waals surface area contributed by atoms with E-state index in [0.29, 0.717) is 6.04 Å². The first-order chi connectivity index (χ1) is 7.29. The van der Waals surface area contributed by atoms with Gasteiger partial charge in [-0.05, 0) is 13.3 Å². The predicted molar refractivity (Wildman–Crippen MR) is 65.5 cm³/mol. The number of hydrogen-bond donors (Lipinski definition) is 2. The summed E-state index contributed by atoms with van der Waals surface area (Å²) in [5.41, 5.74) is 1.30. The van der Waals surface area contributed by atoms with E-state index >= 15 is 0 Å². The zero-order valence-corrected chi connectivity index (χ0v) is 10.3. The summed E-state index contributed by atoms with van der Waals surface area (Å²) in [7, 11) is 0. The highest BCUT2D eigenvalue weighted by atomic mass is 32.1. The Kier molecular flexibility index (Phi) is 3.59. The Hall–Kier alpha value is -0.610. The summed E-state index contributed by atoms with van der Waals surface area (Å²) < 4.78 is 0. The van der Waals surface area contributed by atoms with E-state index in [9.17, 15) is 0 Å². The zero-order chi connectivity index (χ0) is 10.7. The second-order valence-electron chi connectivity index (χ2n) is 4.15. The van der Waals surface area contributed by atoms with Crippen molar-refractivity contribution >= 4 is 16.5 Å². The lowest BCUT2D eigenvalue weighted by Crippen LogP contribution is -2.22. The molecule has 0 amide bonds. The fourth-order valence-corrected chi connectivity index (χ4v) is 2.99. The van der Waals surface area contributed by atoms with Crippen molar-refractivity contribution in [3.8, 4) is 0 Å². The van der Waals surface area contributed by atoms with Crippen LogP contribution in [0.25, 0.3) is 0 Å². The molecule has 0 saturated carbocycles. The lowest BCUT2D eigenvalue weighted by Gasteiger charge is -2.10. The van der Waals surface area contributed by atoms with E-state index in [-0.39, 0.29) is 0 Å². The first kappa shape index (κ1) is 10.9. The third kappa shape index (κ3) is 2.69. The summed E-state index contributed by atoms with van der Waals surface area (Å²) in [4.78, 5) is 6.05. The Balaban J connectivity index is 2.00. The van der Waals surface area contributed by atoms with Crippen LogP contribution in [0.5, 0.6) is 0 Å². The maximum atomic E-state index is 4.64. The van der Waals surface area contributed by atoms with Gasteiger partial charge in [0.15, 0.2) is 5.13 Å². The molecule has 0 aliphatic carbocycles. The second kappa shape index (κ2) is 4.94. The Labute approximate surface area is 95.3 Å². The van der Waals surface area contributed by atoms with Gasteiger partial charge in [0.25, 0.3) is 0 Å². The van der Waals surface area contributed by atoms with E-state index in [1.165, 1.54) is 23.4 Å². The number of anilines is 1. The van der Waals surface area contributed by atoms with Crippen LogP contribution in [0.1, 0.15) is 37.3 Å². The van der Waals surface area contributed by atoms with E-state index in [0.717, 1.165) is 24.6 Å². The van der Waals surface area contributed by atoms with Crippen LogP contribution in [0, 0.1) is 0 Å². The maximum absolute atomic E-state index is 4.64. The lowest BCUT2D eigenvalue weighted by atomic mass is 10.2. The van der Waals surface area contributed by atoms with Crippen LogP contribution < -0.4 is 10.6 Å². The normalized spacial score (nSPS) is 17.2. The van der Waals surface area contributed by atoms with Crippen molar-refractivity contribution in [3.63, 3.8) is 0 Å². The molecule has 2 N–H and O–H groups in total. The minimum atomic E-state index is 0.538. The van der Waals surface area contributed by atoms with Crippen molar-refractivity contribution in [1.82, 2.24) is 10.3 Å². The molecule has 0 aromatic carbocycles. The van der Waals surface area contributed by atoms with Gasteiger partial charge in [-0.3, -0.25) is 0 Å². The van der Waals surface area contributed by atoms with Crippen LogP contribution in [0.4, 0.5) is 5.13 Å². The van der Waals surface area contributed by atoms with E-state index < -0.39 is 0 Å². The highest BCUT2D eigenvalue weighted by molar-refractivity contribution is 7.15. The van der Waals surface area contributed by atoms with Crippen LogP contribution >= 0.6 is 11.3 Å². The zero-order valence-electron chi connectivity index (χ0n) is 9.47. The number of nitrogens with zero attached hydrogens (tertiary/aromatic N) is 1. The monoisotopic (exact) mass is 225 g/mol. The number of fused-ring (bicyclic) bond motifs is 1. The molecule has 2 rings (SSSR count). The van der Waals surface area contributed by atoms with E-state index in [1.807, 2.05) is 0 Å². The van der Waals surface area contributed by atoms with E-state index in [4.69, 9.17) is 0 Å². The van der Waals surface area contributed by atoms with Gasteiger partial charge in [0, 0.05) is 30.4 Å². The van der Waals surface area contributed by atoms with Gasteiger partial charge in [0.2, 0.25) is 0 Å². The predicted octanol–water partition coefficient (Wildman–Crippen LogP) is 2.39. The molecule has 84 valence electrons. The molecule has 1 unspecified atom stereocenters. The highest BCUT2D eigenvalue weighted by Gasteiger charge is 2.15. The first-order valence-corrected chi connectivity index (χ1v) is 6.57. The second-order valence-corrected chi connectivity index (χ2v) is 5.23. The van der Waals surface area contributed by atoms with Crippen molar-refractivity contribution in [2.75, 3.05) is 11.9 Å². The first-order valence-electron chi connectivity index (χ1n) is 5.75. The number of thiazole rings is 1. The summed E-state index contributed by atoms with van der Waals surface area (Å²) in [6.45, 7) is 6.51. The van der Waals surface area contributed by atoms with Crippen molar-refractivity contribution in [2.45, 2.75) is 45.7 Å². The van der Waals surface area contributed by atoms with Crippen LogP contribution in [0.3, 0.4) is 0 Å². The molecule has 0 saturated heterocycles. The Bertz CT molecular complexity index is 298. The molecule has 1 aromatic rings. The molecule has 15 heavy (non-hydrogen) atoms. The quantitative estimate of drug-likeness (QED) is 0.826. The van der Waals surface area contributed by atoms with Gasteiger partial charge in [-0.1, -0.05) is 13.3 Å². The highest BCUT2D eigenvalue weighted by Crippen LogP contribution is 2.26. The van der Waals surface area contributed by atoms with Crippen LogP contribution in [-0.2, 0) is 13.0 Å². The van der Waals surface area contributed by atoms with Gasteiger partial charge in [0.05, 0.1) is 5.69 Å². The molecule has 0 fully saturated rings. The smallest absolute Gasteiger partial charge is 0.183 e. The molecule has 2 heterocycles. The molecule has 0 spiro atoms. The molecule has 1 aromatic heterocycles. The standard InChI is InChI=1S/C11H19N3S/c1-3-4-8(2)13-11-14-9-5-6-12-7-10(9)15-11/h8,12H,3-7H2,1-2H3,(H,13,14). The Morgan fingerprint density at radius 2 is 2.47 bits per heavy atom. The van der Waals surface area contributed by atoms with Crippen LogP contribution in [-0.4, -0.2) is 17.6 Å². The van der Waals surface area contributed by atoms with Crippen molar-refractivity contribution < 1.29 is 0 Å². The summed E-state index contributed by atoms with van der Waals surface area (Å²) in [6, 6.07) is 0.538. The number of hydrogen-bond acceptors (Lipinski definition) is 4.